The smallest absolute Gasteiger partial charge is 0.419 e. The van der Waals surface area contributed by atoms with Crippen LogP contribution in [-0.2, 0) is 22.3 Å². The van der Waals surface area contributed by atoms with Crippen LogP contribution in [0.1, 0.15) is 92.6 Å². The molecule has 0 radical (unpaired) electrons. The first-order valence-corrected chi connectivity index (χ1v) is 16.1. The van der Waals surface area contributed by atoms with Gasteiger partial charge in [0, 0.05) is 32.6 Å². The van der Waals surface area contributed by atoms with Crippen LogP contribution < -0.4 is 10.1 Å². The van der Waals surface area contributed by atoms with Crippen LogP contribution in [0.25, 0.3) is 0 Å². The lowest BCUT2D eigenvalue weighted by Crippen LogP contribution is -2.73. The van der Waals surface area contributed by atoms with Gasteiger partial charge in [0.15, 0.2) is 0 Å². The van der Waals surface area contributed by atoms with Crippen LogP contribution in [-0.4, -0.2) is 74.6 Å². The van der Waals surface area contributed by atoms with Crippen LogP contribution in [0.3, 0.4) is 0 Å². The SMILES string of the molecule is CCCCN1C(=O)[C@@H](CC2(O)CCCCC2)NC(=O)C12CCN(Cc1ccc(Oc3ccc(C(=O)O)cc3)c(C(F)(F)F)c1)CC2.Cl. The van der Waals surface area contributed by atoms with E-state index in [-0.39, 0.29) is 48.5 Å². The van der Waals surface area contributed by atoms with Gasteiger partial charge in [-0.2, -0.15) is 13.2 Å². The molecule has 3 aliphatic rings. The number of nitrogens with zero attached hydrogens (tertiary/aromatic N) is 2. The standard InChI is InChI=1S/C34H42F3N3O6.ClH/c1-2-3-17-40-29(41)27(21-32(45)13-5-4-6-14-32)38-31(44)33(40)15-18-39(19-16-33)22-23-7-12-28(26(20-23)34(35,36)37)46-25-10-8-24(9-11-25)30(42)43;/h7-12,20,27,45H,2-6,13-19,21-22H2,1H3,(H,38,44)(H,42,43);1H/t27-;/m1./s1. The van der Waals surface area contributed by atoms with E-state index in [0.29, 0.717) is 50.9 Å². The van der Waals surface area contributed by atoms with Gasteiger partial charge in [-0.15, -0.1) is 12.4 Å². The summed E-state index contributed by atoms with van der Waals surface area (Å²) >= 11 is 0. The van der Waals surface area contributed by atoms with Crippen LogP contribution in [0.15, 0.2) is 42.5 Å². The molecule has 1 spiro atoms. The minimum atomic E-state index is -4.69. The number of carbonyl (C=O) groups is 3. The highest BCUT2D eigenvalue weighted by molar-refractivity contribution is 6.00. The van der Waals surface area contributed by atoms with Crippen molar-refractivity contribution in [3.05, 3.63) is 59.2 Å². The fraction of sp³-hybridized carbons (Fsp3) is 0.559. The zero-order valence-electron chi connectivity index (χ0n) is 26.5. The normalized spacial score (nSPS) is 21.2. The van der Waals surface area contributed by atoms with Gasteiger partial charge < -0.3 is 25.2 Å². The summed E-state index contributed by atoms with van der Waals surface area (Å²) < 4.78 is 47.7. The van der Waals surface area contributed by atoms with E-state index in [2.05, 4.69) is 5.32 Å². The molecule has 2 heterocycles. The third-order valence-corrected chi connectivity index (χ3v) is 9.68. The number of piperidine rings is 1. The van der Waals surface area contributed by atoms with Crippen molar-refractivity contribution in [1.29, 1.82) is 0 Å². The Kier molecular flexibility index (Phi) is 11.5. The van der Waals surface area contributed by atoms with E-state index in [4.69, 9.17) is 9.84 Å². The molecule has 13 heteroatoms. The molecule has 258 valence electrons. The number of hydrogen-bond acceptors (Lipinski definition) is 6. The maximum absolute atomic E-state index is 14.1. The maximum Gasteiger partial charge on any atom is 0.419 e. The number of halogens is 4. The molecule has 0 unspecified atom stereocenters. The first-order valence-electron chi connectivity index (χ1n) is 16.1. The second-order valence-corrected chi connectivity index (χ2v) is 12.9. The number of rotatable bonds is 10. The molecule has 0 bridgehead atoms. The molecule has 2 amide bonds. The van der Waals surface area contributed by atoms with Crippen LogP contribution >= 0.6 is 12.4 Å². The lowest BCUT2D eigenvalue weighted by Gasteiger charge is -2.52. The van der Waals surface area contributed by atoms with Gasteiger partial charge in [0.05, 0.1) is 16.7 Å². The molecule has 5 rings (SSSR count). The molecule has 1 aliphatic carbocycles. The number of alkyl halides is 3. The molecule has 1 atom stereocenters. The molecule has 1 saturated carbocycles. The molecule has 3 fully saturated rings. The van der Waals surface area contributed by atoms with E-state index in [1.807, 2.05) is 11.8 Å². The minimum absolute atomic E-state index is 0. The Morgan fingerprint density at radius 3 is 2.28 bits per heavy atom. The van der Waals surface area contributed by atoms with Crippen molar-refractivity contribution in [3.63, 3.8) is 0 Å². The van der Waals surface area contributed by atoms with E-state index in [0.717, 1.165) is 38.2 Å². The average molecular weight is 682 g/mol. The molecule has 9 nitrogen and oxygen atoms in total. The van der Waals surface area contributed by atoms with Gasteiger partial charge >= 0.3 is 12.1 Å². The van der Waals surface area contributed by atoms with Crippen molar-refractivity contribution in [2.24, 2.45) is 0 Å². The van der Waals surface area contributed by atoms with Crippen LogP contribution in [0.5, 0.6) is 11.5 Å². The molecular weight excluding hydrogens is 639 g/mol. The summed E-state index contributed by atoms with van der Waals surface area (Å²) in [5.74, 6) is -1.85. The third-order valence-electron chi connectivity index (χ3n) is 9.68. The molecule has 3 N–H and O–H groups in total. The number of carboxylic acids is 1. The summed E-state index contributed by atoms with van der Waals surface area (Å²) in [7, 11) is 0. The van der Waals surface area contributed by atoms with Crippen molar-refractivity contribution in [2.75, 3.05) is 19.6 Å². The second kappa shape index (κ2) is 14.8. The predicted molar refractivity (Wildman–Crippen MR) is 171 cm³/mol. The quantitative estimate of drug-likeness (QED) is 0.275. The molecule has 2 aromatic rings. The largest absolute Gasteiger partial charge is 0.478 e. The monoisotopic (exact) mass is 681 g/mol. The molecule has 2 aliphatic heterocycles. The Morgan fingerprint density at radius 2 is 1.68 bits per heavy atom. The number of carboxylic acid groups (broad SMARTS) is 1. The summed E-state index contributed by atoms with van der Waals surface area (Å²) in [6.07, 6.45) is 1.87. The Balaban J connectivity index is 0.00000500. The molecule has 2 saturated heterocycles. The minimum Gasteiger partial charge on any atom is -0.478 e. The van der Waals surface area contributed by atoms with Gasteiger partial charge in [-0.05, 0) is 74.1 Å². The van der Waals surface area contributed by atoms with Crippen molar-refractivity contribution < 1.29 is 42.5 Å². The first-order chi connectivity index (χ1) is 21.8. The number of nitrogens with one attached hydrogen (secondary N) is 1. The van der Waals surface area contributed by atoms with Gasteiger partial charge in [0.25, 0.3) is 0 Å². The number of amides is 2. The summed E-state index contributed by atoms with van der Waals surface area (Å²) in [6.45, 7) is 3.49. The van der Waals surface area contributed by atoms with Crippen LogP contribution in [0.2, 0.25) is 0 Å². The Bertz CT molecular complexity index is 1420. The fourth-order valence-corrected chi connectivity index (χ4v) is 7.06. The lowest BCUT2D eigenvalue weighted by atomic mass is 9.77. The first kappa shape index (κ1) is 36.5. The molecule has 2 aromatic carbocycles. The second-order valence-electron chi connectivity index (χ2n) is 12.9. The summed E-state index contributed by atoms with van der Waals surface area (Å²) in [6, 6.07) is 8.22. The number of carbonyl (C=O) groups excluding carboxylic acids is 2. The van der Waals surface area contributed by atoms with Gasteiger partial charge in [0.2, 0.25) is 11.8 Å². The number of aromatic carboxylic acids is 1. The highest BCUT2D eigenvalue weighted by Crippen LogP contribution is 2.40. The van der Waals surface area contributed by atoms with Gasteiger partial charge in [-0.25, -0.2) is 4.79 Å². The van der Waals surface area contributed by atoms with E-state index < -0.39 is 40.6 Å². The van der Waals surface area contributed by atoms with Crippen molar-refractivity contribution in [1.82, 2.24) is 15.1 Å². The van der Waals surface area contributed by atoms with Gasteiger partial charge in [-0.1, -0.05) is 38.7 Å². The Hall–Kier alpha value is -3.35. The van der Waals surface area contributed by atoms with Gasteiger partial charge in [0.1, 0.15) is 23.1 Å². The maximum atomic E-state index is 14.1. The van der Waals surface area contributed by atoms with Crippen molar-refractivity contribution in [3.8, 4) is 11.5 Å². The average Bonchev–Trinajstić information content (AvgIpc) is 3.01. The summed E-state index contributed by atoms with van der Waals surface area (Å²) in [5.41, 5.74) is -2.53. The van der Waals surface area contributed by atoms with Crippen molar-refractivity contribution in [2.45, 2.75) is 101 Å². The number of likely N-dealkylation sites (tertiary alicyclic amines) is 1. The highest BCUT2D eigenvalue weighted by atomic mass is 35.5. The van der Waals surface area contributed by atoms with Crippen LogP contribution in [0.4, 0.5) is 13.2 Å². The topological polar surface area (TPSA) is 119 Å². The molecule has 47 heavy (non-hydrogen) atoms. The lowest BCUT2D eigenvalue weighted by molar-refractivity contribution is -0.163. The van der Waals surface area contributed by atoms with Gasteiger partial charge in [-0.3, -0.25) is 14.5 Å². The highest BCUT2D eigenvalue weighted by Gasteiger charge is 2.54. The molecular formula is C34H43ClF3N3O6. The zero-order chi connectivity index (χ0) is 33.1. The van der Waals surface area contributed by atoms with E-state index in [1.165, 1.54) is 30.3 Å². The van der Waals surface area contributed by atoms with Crippen LogP contribution in [0, 0.1) is 0 Å². The number of unbranched alkanes of at least 4 members (excludes halogenated alkanes) is 1. The van der Waals surface area contributed by atoms with E-state index >= 15 is 0 Å². The zero-order valence-corrected chi connectivity index (χ0v) is 27.3. The number of piperazine rings is 1. The third kappa shape index (κ3) is 8.21. The van der Waals surface area contributed by atoms with Crippen molar-refractivity contribution >= 4 is 30.2 Å². The molecule has 0 aromatic heterocycles. The Morgan fingerprint density at radius 1 is 1.02 bits per heavy atom. The Labute approximate surface area is 278 Å². The van der Waals surface area contributed by atoms with E-state index in [9.17, 15) is 32.7 Å². The summed E-state index contributed by atoms with van der Waals surface area (Å²) in [4.78, 5) is 42.3. The van der Waals surface area contributed by atoms with E-state index in [1.54, 1.807) is 11.0 Å². The number of hydrogen-bond donors (Lipinski definition) is 3. The fourth-order valence-electron chi connectivity index (χ4n) is 7.06. The number of aliphatic hydroxyl groups is 1. The number of benzene rings is 2. The predicted octanol–water partition coefficient (Wildman–Crippen LogP) is 6.16. The number of ether oxygens (including phenoxy) is 1. The summed E-state index contributed by atoms with van der Waals surface area (Å²) in [5, 5.41) is 23.1.